The summed E-state index contributed by atoms with van der Waals surface area (Å²) in [5, 5.41) is 30.0. The predicted molar refractivity (Wildman–Crippen MR) is 72.3 cm³/mol. The van der Waals surface area contributed by atoms with Gasteiger partial charge in [-0.1, -0.05) is 0 Å². The molecule has 1 rings (SSSR count). The summed E-state index contributed by atoms with van der Waals surface area (Å²) >= 11 is 0. The molecule has 0 aromatic rings. The SMILES string of the molecule is O=C(O)CCC(C(=O)O)N1CCNCCN(C(=O)O)CC1. The monoisotopic (exact) mass is 303 g/mol. The summed E-state index contributed by atoms with van der Waals surface area (Å²) in [4.78, 5) is 35.8. The van der Waals surface area contributed by atoms with Crippen LogP contribution in [0.4, 0.5) is 4.79 Å². The van der Waals surface area contributed by atoms with Crippen LogP contribution in [0.5, 0.6) is 0 Å². The van der Waals surface area contributed by atoms with Gasteiger partial charge in [0, 0.05) is 45.7 Å². The minimum atomic E-state index is -1.09. The van der Waals surface area contributed by atoms with Crippen LogP contribution >= 0.6 is 0 Å². The molecule has 1 aliphatic rings. The van der Waals surface area contributed by atoms with E-state index in [0.717, 1.165) is 0 Å². The second-order valence-electron chi connectivity index (χ2n) is 4.84. The van der Waals surface area contributed by atoms with Gasteiger partial charge in [-0.15, -0.1) is 0 Å². The highest BCUT2D eigenvalue weighted by molar-refractivity contribution is 5.75. The molecule has 1 amide bonds. The maximum Gasteiger partial charge on any atom is 0.407 e. The molecule has 0 aromatic carbocycles. The van der Waals surface area contributed by atoms with E-state index in [9.17, 15) is 19.5 Å². The largest absolute Gasteiger partial charge is 0.481 e. The number of carboxylic acids is 2. The molecule has 1 fully saturated rings. The number of hydrogen-bond acceptors (Lipinski definition) is 5. The van der Waals surface area contributed by atoms with Crippen molar-refractivity contribution in [2.45, 2.75) is 18.9 Å². The fraction of sp³-hybridized carbons (Fsp3) is 0.750. The summed E-state index contributed by atoms with van der Waals surface area (Å²) in [6.45, 7) is 2.29. The minimum absolute atomic E-state index is 0.00224. The van der Waals surface area contributed by atoms with Crippen LogP contribution in [0, 0.1) is 0 Å². The van der Waals surface area contributed by atoms with Crippen LogP contribution in [-0.2, 0) is 9.59 Å². The van der Waals surface area contributed by atoms with Gasteiger partial charge in [0.15, 0.2) is 0 Å². The van der Waals surface area contributed by atoms with Crippen LogP contribution < -0.4 is 5.32 Å². The topological polar surface area (TPSA) is 130 Å². The molecular weight excluding hydrogens is 282 g/mol. The Hall–Kier alpha value is -1.87. The first-order chi connectivity index (χ1) is 9.91. The van der Waals surface area contributed by atoms with E-state index in [4.69, 9.17) is 10.2 Å². The Morgan fingerprint density at radius 3 is 2.24 bits per heavy atom. The molecule has 21 heavy (non-hydrogen) atoms. The standard InChI is InChI=1S/C12H21N3O6/c16-10(17)2-1-9(11(18)19)14-5-3-13-4-6-15(8-7-14)12(20)21/h9,13H,1-8H2,(H,16,17)(H,18,19)(H,20,21). The smallest absolute Gasteiger partial charge is 0.407 e. The first-order valence-electron chi connectivity index (χ1n) is 6.79. The van der Waals surface area contributed by atoms with Crippen LogP contribution in [-0.4, -0.2) is 88.5 Å². The minimum Gasteiger partial charge on any atom is -0.481 e. The third kappa shape index (κ3) is 5.96. The van der Waals surface area contributed by atoms with Crippen LogP contribution in [0.2, 0.25) is 0 Å². The van der Waals surface area contributed by atoms with Crippen molar-refractivity contribution in [1.82, 2.24) is 15.1 Å². The van der Waals surface area contributed by atoms with E-state index in [1.165, 1.54) is 4.90 Å². The average Bonchev–Trinajstić information content (AvgIpc) is 2.50. The molecule has 0 bridgehead atoms. The van der Waals surface area contributed by atoms with Crippen molar-refractivity contribution in [2.75, 3.05) is 39.3 Å². The molecule has 1 aliphatic heterocycles. The molecule has 9 heteroatoms. The van der Waals surface area contributed by atoms with Gasteiger partial charge in [0.25, 0.3) is 0 Å². The lowest BCUT2D eigenvalue weighted by atomic mass is 10.1. The van der Waals surface area contributed by atoms with Crippen molar-refractivity contribution in [3.63, 3.8) is 0 Å². The summed E-state index contributed by atoms with van der Waals surface area (Å²) < 4.78 is 0. The maximum atomic E-state index is 11.3. The van der Waals surface area contributed by atoms with Crippen LogP contribution in [0.15, 0.2) is 0 Å². The fourth-order valence-corrected chi connectivity index (χ4v) is 2.26. The number of rotatable bonds is 5. The van der Waals surface area contributed by atoms with Crippen molar-refractivity contribution in [3.05, 3.63) is 0 Å². The first kappa shape index (κ1) is 17.2. The summed E-state index contributed by atoms with van der Waals surface area (Å²) in [5.41, 5.74) is 0. The number of hydrogen-bond donors (Lipinski definition) is 4. The van der Waals surface area contributed by atoms with Gasteiger partial charge >= 0.3 is 18.0 Å². The lowest BCUT2D eigenvalue weighted by molar-refractivity contribution is -0.144. The molecule has 1 atom stereocenters. The van der Waals surface area contributed by atoms with E-state index in [1.807, 2.05) is 0 Å². The molecule has 1 heterocycles. The van der Waals surface area contributed by atoms with Crippen molar-refractivity contribution in [1.29, 1.82) is 0 Å². The lowest BCUT2D eigenvalue weighted by Crippen LogP contribution is -2.47. The van der Waals surface area contributed by atoms with Crippen LogP contribution in [0.1, 0.15) is 12.8 Å². The Balaban J connectivity index is 2.71. The zero-order chi connectivity index (χ0) is 15.8. The zero-order valence-electron chi connectivity index (χ0n) is 11.7. The number of aliphatic carboxylic acids is 2. The van der Waals surface area contributed by atoms with E-state index in [1.54, 1.807) is 4.90 Å². The van der Waals surface area contributed by atoms with Gasteiger partial charge in [-0.25, -0.2) is 4.79 Å². The van der Waals surface area contributed by atoms with Gasteiger partial charge in [-0.05, 0) is 6.42 Å². The van der Waals surface area contributed by atoms with Crippen molar-refractivity contribution in [3.8, 4) is 0 Å². The molecule has 120 valence electrons. The third-order valence-corrected chi connectivity index (χ3v) is 3.42. The Morgan fingerprint density at radius 1 is 1.00 bits per heavy atom. The van der Waals surface area contributed by atoms with Crippen LogP contribution in [0.3, 0.4) is 0 Å². The van der Waals surface area contributed by atoms with Gasteiger partial charge in [0.1, 0.15) is 6.04 Å². The van der Waals surface area contributed by atoms with Gasteiger partial charge in [-0.2, -0.15) is 0 Å². The van der Waals surface area contributed by atoms with Crippen molar-refractivity contribution < 1.29 is 29.7 Å². The Morgan fingerprint density at radius 2 is 1.67 bits per heavy atom. The van der Waals surface area contributed by atoms with Crippen LogP contribution in [0.25, 0.3) is 0 Å². The predicted octanol–water partition coefficient (Wildman–Crippen LogP) is -0.810. The second kappa shape index (κ2) is 8.42. The molecular formula is C12H21N3O6. The molecule has 0 radical (unpaired) electrons. The molecule has 1 saturated heterocycles. The summed E-state index contributed by atoms with van der Waals surface area (Å²) in [5.74, 6) is -2.13. The summed E-state index contributed by atoms with van der Waals surface area (Å²) in [6.07, 6.45) is -1.28. The lowest BCUT2D eigenvalue weighted by Gasteiger charge is -2.29. The Bertz CT molecular complexity index is 389. The second-order valence-corrected chi connectivity index (χ2v) is 4.84. The number of carboxylic acid groups (broad SMARTS) is 3. The Labute approximate surface area is 122 Å². The molecule has 0 spiro atoms. The van der Waals surface area contributed by atoms with E-state index < -0.39 is 24.1 Å². The van der Waals surface area contributed by atoms with Crippen molar-refractivity contribution in [2.24, 2.45) is 0 Å². The zero-order valence-corrected chi connectivity index (χ0v) is 11.7. The number of amides is 1. The van der Waals surface area contributed by atoms with Gasteiger partial charge in [0.05, 0.1) is 0 Å². The molecule has 0 aliphatic carbocycles. The highest BCUT2D eigenvalue weighted by Gasteiger charge is 2.27. The normalized spacial score (nSPS) is 19.1. The molecule has 4 N–H and O–H groups in total. The molecule has 0 aromatic heterocycles. The summed E-state index contributed by atoms with van der Waals surface area (Å²) in [7, 11) is 0. The first-order valence-corrected chi connectivity index (χ1v) is 6.79. The van der Waals surface area contributed by atoms with Gasteiger partial charge in [-0.3, -0.25) is 14.5 Å². The highest BCUT2D eigenvalue weighted by Crippen LogP contribution is 2.09. The quantitative estimate of drug-likeness (QED) is 0.519. The molecule has 9 nitrogen and oxygen atoms in total. The van der Waals surface area contributed by atoms with E-state index in [2.05, 4.69) is 5.32 Å². The Kier molecular flexibility index (Phi) is 6.89. The number of nitrogens with zero attached hydrogens (tertiary/aromatic N) is 2. The van der Waals surface area contributed by atoms with Gasteiger partial charge < -0.3 is 25.5 Å². The average molecular weight is 303 g/mol. The third-order valence-electron chi connectivity index (χ3n) is 3.42. The number of carbonyl (C=O) groups is 3. The molecule has 0 saturated carbocycles. The fourth-order valence-electron chi connectivity index (χ4n) is 2.26. The highest BCUT2D eigenvalue weighted by atomic mass is 16.4. The van der Waals surface area contributed by atoms with E-state index in [-0.39, 0.29) is 25.9 Å². The van der Waals surface area contributed by atoms with E-state index in [0.29, 0.717) is 26.2 Å². The van der Waals surface area contributed by atoms with Gasteiger partial charge in [0.2, 0.25) is 0 Å². The van der Waals surface area contributed by atoms with E-state index >= 15 is 0 Å². The van der Waals surface area contributed by atoms with Crippen molar-refractivity contribution >= 4 is 18.0 Å². The number of nitrogens with one attached hydrogen (secondary N) is 1. The maximum absolute atomic E-state index is 11.3. The molecule has 1 unspecified atom stereocenters. The summed E-state index contributed by atoms with van der Waals surface area (Å²) in [6, 6.07) is -0.920.